The second-order valence-electron chi connectivity index (χ2n) is 5.47. The van der Waals surface area contributed by atoms with Gasteiger partial charge in [0.25, 0.3) is 5.91 Å². The first-order chi connectivity index (χ1) is 12.1. The van der Waals surface area contributed by atoms with Crippen molar-refractivity contribution in [3.8, 4) is 0 Å². The predicted molar refractivity (Wildman–Crippen MR) is 97.8 cm³/mol. The number of fused-ring (bicyclic) bond motifs is 1. The zero-order valence-corrected chi connectivity index (χ0v) is 14.7. The molecule has 0 bridgehead atoms. The monoisotopic (exact) mass is 398 g/mol. The third-order valence-corrected chi connectivity index (χ3v) is 4.50. The summed E-state index contributed by atoms with van der Waals surface area (Å²) in [6.45, 7) is 0. The highest BCUT2D eigenvalue weighted by Gasteiger charge is 2.22. The number of hydrogen-bond acceptors (Lipinski definition) is 4. The minimum atomic E-state index is -0.855. The van der Waals surface area contributed by atoms with E-state index in [2.05, 4.69) is 31.2 Å². The summed E-state index contributed by atoms with van der Waals surface area (Å²) in [5.41, 5.74) is 7.22. The number of hydrogen-bond donors (Lipinski definition) is 2. The Balaban J connectivity index is 1.86. The minimum Gasteiger partial charge on any atom is -0.368 e. The van der Waals surface area contributed by atoms with Crippen molar-refractivity contribution in [1.82, 2.24) is 15.3 Å². The van der Waals surface area contributed by atoms with Crippen molar-refractivity contribution in [3.63, 3.8) is 0 Å². The van der Waals surface area contributed by atoms with Gasteiger partial charge >= 0.3 is 0 Å². The molecule has 126 valence electrons. The molecular formula is C18H15BrN4O2. The molecule has 0 aliphatic rings. The van der Waals surface area contributed by atoms with E-state index >= 15 is 0 Å². The summed E-state index contributed by atoms with van der Waals surface area (Å²) in [5.74, 6) is -1.01. The SMILES string of the molecule is NC(=O)[C@H](Cc1cccnc1Br)NC(=O)c1cccc2cccnc12. The van der Waals surface area contributed by atoms with E-state index in [1.807, 2.05) is 18.2 Å². The van der Waals surface area contributed by atoms with E-state index in [0.717, 1.165) is 10.9 Å². The fraction of sp³-hybridized carbons (Fsp3) is 0.111. The predicted octanol–water partition coefficient (Wildman–Crippen LogP) is 2.22. The lowest BCUT2D eigenvalue weighted by Crippen LogP contribution is -2.46. The average Bonchev–Trinajstić information content (AvgIpc) is 2.62. The van der Waals surface area contributed by atoms with Gasteiger partial charge in [-0.1, -0.05) is 24.3 Å². The van der Waals surface area contributed by atoms with Crippen molar-refractivity contribution >= 4 is 38.6 Å². The van der Waals surface area contributed by atoms with Gasteiger partial charge < -0.3 is 11.1 Å². The Morgan fingerprint density at radius 1 is 1.08 bits per heavy atom. The molecule has 1 atom stereocenters. The van der Waals surface area contributed by atoms with Gasteiger partial charge in [-0.05, 0) is 39.7 Å². The molecule has 25 heavy (non-hydrogen) atoms. The Morgan fingerprint density at radius 3 is 2.56 bits per heavy atom. The van der Waals surface area contributed by atoms with Crippen molar-refractivity contribution in [1.29, 1.82) is 0 Å². The van der Waals surface area contributed by atoms with Crippen LogP contribution in [0, 0.1) is 0 Å². The van der Waals surface area contributed by atoms with E-state index in [9.17, 15) is 9.59 Å². The Morgan fingerprint density at radius 2 is 1.80 bits per heavy atom. The largest absolute Gasteiger partial charge is 0.368 e. The first-order valence-electron chi connectivity index (χ1n) is 7.59. The number of para-hydroxylation sites is 1. The molecule has 0 radical (unpaired) electrons. The van der Waals surface area contributed by atoms with Crippen LogP contribution in [-0.2, 0) is 11.2 Å². The van der Waals surface area contributed by atoms with Crippen LogP contribution in [0.2, 0.25) is 0 Å². The number of rotatable bonds is 5. The molecule has 0 aliphatic carbocycles. The maximum absolute atomic E-state index is 12.7. The third kappa shape index (κ3) is 3.83. The number of amides is 2. The van der Waals surface area contributed by atoms with Gasteiger partial charge in [0.15, 0.2) is 0 Å². The summed E-state index contributed by atoms with van der Waals surface area (Å²) >= 11 is 3.33. The van der Waals surface area contributed by atoms with Gasteiger partial charge in [0.1, 0.15) is 10.6 Å². The van der Waals surface area contributed by atoms with Crippen molar-refractivity contribution in [3.05, 3.63) is 70.6 Å². The van der Waals surface area contributed by atoms with E-state index in [1.165, 1.54) is 0 Å². The van der Waals surface area contributed by atoms with Crippen LogP contribution in [0.1, 0.15) is 15.9 Å². The van der Waals surface area contributed by atoms with E-state index in [1.54, 1.807) is 36.7 Å². The lowest BCUT2D eigenvalue weighted by molar-refractivity contribution is -0.119. The molecule has 0 spiro atoms. The quantitative estimate of drug-likeness (QED) is 0.643. The maximum Gasteiger partial charge on any atom is 0.254 e. The number of nitrogens with zero attached hydrogens (tertiary/aromatic N) is 2. The van der Waals surface area contributed by atoms with Crippen molar-refractivity contribution in [2.45, 2.75) is 12.5 Å². The van der Waals surface area contributed by atoms with Gasteiger partial charge in [-0.15, -0.1) is 0 Å². The summed E-state index contributed by atoms with van der Waals surface area (Å²) < 4.78 is 0.613. The number of nitrogens with one attached hydrogen (secondary N) is 1. The number of carbonyl (C=O) groups is 2. The molecule has 0 unspecified atom stereocenters. The van der Waals surface area contributed by atoms with Crippen LogP contribution >= 0.6 is 15.9 Å². The highest BCUT2D eigenvalue weighted by Crippen LogP contribution is 2.17. The number of nitrogens with two attached hydrogens (primary N) is 1. The van der Waals surface area contributed by atoms with Crippen LogP contribution in [0.3, 0.4) is 0 Å². The number of primary amides is 1. The molecule has 2 aromatic heterocycles. The zero-order chi connectivity index (χ0) is 17.8. The molecule has 0 saturated heterocycles. The zero-order valence-electron chi connectivity index (χ0n) is 13.1. The highest BCUT2D eigenvalue weighted by atomic mass is 79.9. The minimum absolute atomic E-state index is 0.244. The molecule has 6 nitrogen and oxygen atoms in total. The Bertz CT molecular complexity index is 940. The first kappa shape index (κ1) is 17.0. The van der Waals surface area contributed by atoms with Gasteiger partial charge in [-0.3, -0.25) is 14.6 Å². The second kappa shape index (κ2) is 7.40. The number of carbonyl (C=O) groups excluding carboxylic acids is 2. The van der Waals surface area contributed by atoms with E-state index in [0.29, 0.717) is 15.7 Å². The Kier molecular flexibility index (Phi) is 5.04. The third-order valence-electron chi connectivity index (χ3n) is 3.79. The van der Waals surface area contributed by atoms with Crippen LogP contribution in [0.5, 0.6) is 0 Å². The summed E-state index contributed by atoms with van der Waals surface area (Å²) in [4.78, 5) is 32.8. The van der Waals surface area contributed by atoms with E-state index in [4.69, 9.17) is 5.73 Å². The molecule has 0 aliphatic heterocycles. The van der Waals surface area contributed by atoms with Crippen LogP contribution in [0.25, 0.3) is 10.9 Å². The van der Waals surface area contributed by atoms with Crippen LogP contribution in [0.15, 0.2) is 59.5 Å². The molecule has 2 heterocycles. The maximum atomic E-state index is 12.7. The van der Waals surface area contributed by atoms with Crippen molar-refractivity contribution in [2.75, 3.05) is 0 Å². The van der Waals surface area contributed by atoms with Gasteiger partial charge in [-0.25, -0.2) is 4.98 Å². The highest BCUT2D eigenvalue weighted by molar-refractivity contribution is 9.10. The topological polar surface area (TPSA) is 98.0 Å². The number of pyridine rings is 2. The molecular weight excluding hydrogens is 384 g/mol. The summed E-state index contributed by atoms with van der Waals surface area (Å²) in [7, 11) is 0. The Labute approximate surface area is 152 Å². The normalized spacial score (nSPS) is 11.9. The van der Waals surface area contributed by atoms with E-state index < -0.39 is 17.9 Å². The Hall–Kier alpha value is -2.80. The molecule has 0 saturated carbocycles. The van der Waals surface area contributed by atoms with E-state index in [-0.39, 0.29) is 6.42 Å². The van der Waals surface area contributed by atoms with Gasteiger partial charge in [-0.2, -0.15) is 0 Å². The number of halogens is 1. The molecule has 0 fully saturated rings. The van der Waals surface area contributed by atoms with Gasteiger partial charge in [0, 0.05) is 24.2 Å². The summed E-state index contributed by atoms with van der Waals surface area (Å²) in [6.07, 6.45) is 3.50. The number of benzene rings is 1. The van der Waals surface area contributed by atoms with Crippen molar-refractivity contribution < 1.29 is 9.59 Å². The molecule has 7 heteroatoms. The van der Waals surface area contributed by atoms with Gasteiger partial charge in [0.2, 0.25) is 5.91 Å². The lowest BCUT2D eigenvalue weighted by Gasteiger charge is -2.16. The standard InChI is InChI=1S/C18H15BrN4O2/c19-16-12(6-3-9-22-16)10-14(17(20)24)23-18(25)13-7-1-4-11-5-2-8-21-15(11)13/h1-9,14H,10H2,(H2,20,24)(H,23,25)/t14-/m0/s1. The smallest absolute Gasteiger partial charge is 0.254 e. The molecule has 2 amide bonds. The van der Waals surface area contributed by atoms with Crippen LogP contribution < -0.4 is 11.1 Å². The summed E-state index contributed by atoms with van der Waals surface area (Å²) in [6, 6.07) is 11.7. The molecule has 3 rings (SSSR count). The summed E-state index contributed by atoms with van der Waals surface area (Å²) in [5, 5.41) is 3.55. The fourth-order valence-electron chi connectivity index (χ4n) is 2.54. The average molecular weight is 399 g/mol. The molecule has 1 aromatic carbocycles. The van der Waals surface area contributed by atoms with Crippen molar-refractivity contribution in [2.24, 2.45) is 5.73 Å². The first-order valence-corrected chi connectivity index (χ1v) is 8.39. The molecule has 3 aromatic rings. The van der Waals surface area contributed by atoms with Gasteiger partial charge in [0.05, 0.1) is 11.1 Å². The lowest BCUT2D eigenvalue weighted by atomic mass is 10.1. The number of aromatic nitrogens is 2. The fourth-order valence-corrected chi connectivity index (χ4v) is 2.95. The second-order valence-corrected chi connectivity index (χ2v) is 6.22. The van der Waals surface area contributed by atoms with Crippen LogP contribution in [-0.4, -0.2) is 27.8 Å². The molecule has 3 N–H and O–H groups in total. The van der Waals surface area contributed by atoms with Crippen LogP contribution in [0.4, 0.5) is 0 Å².